The summed E-state index contributed by atoms with van der Waals surface area (Å²) in [6, 6.07) is 3.20. The summed E-state index contributed by atoms with van der Waals surface area (Å²) in [6.45, 7) is -0.322. The molecule has 0 saturated carbocycles. The normalized spacial score (nSPS) is 31.5. The van der Waals surface area contributed by atoms with E-state index in [1.54, 1.807) is 22.9 Å². The molecule has 1 aliphatic heterocycles. The van der Waals surface area contributed by atoms with E-state index in [9.17, 15) is 9.90 Å². The van der Waals surface area contributed by atoms with E-state index in [4.69, 9.17) is 27.2 Å². The number of hydrogen-bond donors (Lipinski definition) is 3. The first-order valence-corrected chi connectivity index (χ1v) is 5.87. The van der Waals surface area contributed by atoms with Crippen molar-refractivity contribution in [3.8, 4) is 0 Å². The largest absolute Gasteiger partial charge is 0.394 e. The van der Waals surface area contributed by atoms with Gasteiger partial charge in [-0.15, -0.1) is 11.6 Å². The van der Waals surface area contributed by atoms with Crippen LogP contribution in [-0.4, -0.2) is 40.3 Å². The highest BCUT2D eigenvalue weighted by molar-refractivity contribution is 6.21. The molecule has 1 amide bonds. The zero-order valence-corrected chi connectivity index (χ0v) is 10.2. The number of halogens is 1. The molecule has 6 nitrogen and oxygen atoms in total. The number of rotatable bonds is 3. The molecule has 0 aliphatic carbocycles. The van der Waals surface area contributed by atoms with Crippen LogP contribution in [0.2, 0.25) is 0 Å². The van der Waals surface area contributed by atoms with Crippen molar-refractivity contribution in [1.29, 1.82) is 0 Å². The Morgan fingerprint density at radius 2 is 2.33 bits per heavy atom. The van der Waals surface area contributed by atoms with E-state index in [1.807, 2.05) is 0 Å². The Balaban J connectivity index is 2.27. The molecule has 4 atom stereocenters. The van der Waals surface area contributed by atoms with Gasteiger partial charge in [-0.05, 0) is 6.07 Å². The van der Waals surface area contributed by atoms with Crippen molar-refractivity contribution in [2.45, 2.75) is 23.8 Å². The van der Waals surface area contributed by atoms with Crippen LogP contribution < -0.4 is 10.3 Å². The van der Waals surface area contributed by atoms with Crippen LogP contribution in [-0.2, 0) is 4.74 Å². The second-order valence-electron chi connectivity index (χ2n) is 4.09. The standard InChI is InChI=1S/C11H13ClN2O4/c12-8-9(16)7(5-15)18-11(8)14-3-1-2-6(4-14)10(13)17/h1-4,7-9,11,15-16H,5H2,(H-,13,17)/p+1/t7-,8-,9?,11+/m1/s1. The maximum absolute atomic E-state index is 11.1. The number of aliphatic hydroxyl groups is 2. The van der Waals surface area contributed by atoms with Crippen molar-refractivity contribution in [2.24, 2.45) is 5.73 Å². The highest BCUT2D eigenvalue weighted by atomic mass is 35.5. The number of nitrogens with two attached hydrogens (primary N) is 1. The Hall–Kier alpha value is -1.21. The molecular weight excluding hydrogens is 260 g/mol. The fourth-order valence-corrected chi connectivity index (χ4v) is 2.24. The number of alkyl halides is 1. The van der Waals surface area contributed by atoms with Gasteiger partial charge in [-0.25, -0.2) is 0 Å². The number of amides is 1. The summed E-state index contributed by atoms with van der Waals surface area (Å²) in [4.78, 5) is 11.1. The van der Waals surface area contributed by atoms with Crippen molar-refractivity contribution >= 4 is 17.5 Å². The molecule has 1 fully saturated rings. The Labute approximate surface area is 109 Å². The molecule has 1 unspecified atom stereocenters. The molecule has 1 aliphatic rings. The number of ether oxygens (including phenoxy) is 1. The van der Waals surface area contributed by atoms with Crippen LogP contribution in [0.1, 0.15) is 16.6 Å². The van der Waals surface area contributed by atoms with Gasteiger partial charge in [-0.3, -0.25) is 4.79 Å². The minimum absolute atomic E-state index is 0.312. The Bertz CT molecular complexity index is 456. The highest BCUT2D eigenvalue weighted by Gasteiger charge is 2.47. The number of nitrogens with zero attached hydrogens (tertiary/aromatic N) is 1. The second kappa shape index (κ2) is 5.19. The van der Waals surface area contributed by atoms with Crippen LogP contribution in [0.3, 0.4) is 0 Å². The van der Waals surface area contributed by atoms with Crippen molar-refractivity contribution in [3.63, 3.8) is 0 Å². The van der Waals surface area contributed by atoms with Crippen LogP contribution in [0.15, 0.2) is 24.5 Å². The third-order valence-corrected chi connectivity index (χ3v) is 3.35. The van der Waals surface area contributed by atoms with E-state index in [0.29, 0.717) is 5.56 Å². The fourth-order valence-electron chi connectivity index (χ4n) is 1.89. The summed E-state index contributed by atoms with van der Waals surface area (Å²) in [5.41, 5.74) is 5.49. The first kappa shape index (κ1) is 13.2. The second-order valence-corrected chi connectivity index (χ2v) is 4.59. The number of primary amides is 1. The average molecular weight is 274 g/mol. The van der Waals surface area contributed by atoms with Gasteiger partial charge >= 0.3 is 0 Å². The summed E-state index contributed by atoms with van der Waals surface area (Å²) in [6.07, 6.45) is 0.792. The van der Waals surface area contributed by atoms with Crippen LogP contribution in [0.25, 0.3) is 0 Å². The predicted molar refractivity (Wildman–Crippen MR) is 61.8 cm³/mol. The molecule has 18 heavy (non-hydrogen) atoms. The minimum atomic E-state index is -0.966. The summed E-state index contributed by atoms with van der Waals surface area (Å²) in [5.74, 6) is -0.562. The number of hydrogen-bond acceptors (Lipinski definition) is 4. The molecule has 98 valence electrons. The summed E-state index contributed by atoms with van der Waals surface area (Å²) in [7, 11) is 0. The van der Waals surface area contributed by atoms with E-state index in [1.165, 1.54) is 6.20 Å². The molecule has 1 saturated heterocycles. The predicted octanol–water partition coefficient (Wildman–Crippen LogP) is -1.07. The van der Waals surface area contributed by atoms with Gasteiger partial charge in [-0.1, -0.05) is 0 Å². The average Bonchev–Trinajstić information content (AvgIpc) is 2.66. The van der Waals surface area contributed by atoms with Gasteiger partial charge in [0.05, 0.1) is 6.61 Å². The van der Waals surface area contributed by atoms with Crippen LogP contribution in [0, 0.1) is 0 Å². The third kappa shape index (κ3) is 2.32. The molecule has 2 heterocycles. The quantitative estimate of drug-likeness (QED) is 0.483. The Kier molecular flexibility index (Phi) is 3.82. The van der Waals surface area contributed by atoms with Gasteiger partial charge in [-0.2, -0.15) is 4.57 Å². The van der Waals surface area contributed by atoms with Crippen molar-refractivity contribution < 1.29 is 24.3 Å². The number of aliphatic hydroxyl groups excluding tert-OH is 2. The lowest BCUT2D eigenvalue weighted by molar-refractivity contribution is -0.758. The van der Waals surface area contributed by atoms with E-state index in [0.717, 1.165) is 0 Å². The minimum Gasteiger partial charge on any atom is -0.394 e. The molecule has 0 radical (unpaired) electrons. The molecule has 4 N–H and O–H groups in total. The number of carbonyl (C=O) groups excluding carboxylic acids is 1. The molecule has 0 bridgehead atoms. The van der Waals surface area contributed by atoms with E-state index >= 15 is 0 Å². The maximum Gasteiger partial charge on any atom is 0.282 e. The lowest BCUT2D eigenvalue weighted by atomic mass is 10.2. The highest BCUT2D eigenvalue weighted by Crippen LogP contribution is 2.29. The fraction of sp³-hybridized carbons (Fsp3) is 0.455. The van der Waals surface area contributed by atoms with Crippen LogP contribution in [0.5, 0.6) is 0 Å². The smallest absolute Gasteiger partial charge is 0.282 e. The lowest BCUT2D eigenvalue weighted by Crippen LogP contribution is -2.44. The Morgan fingerprint density at radius 1 is 1.61 bits per heavy atom. The van der Waals surface area contributed by atoms with E-state index in [2.05, 4.69) is 0 Å². The van der Waals surface area contributed by atoms with Crippen LogP contribution >= 0.6 is 11.6 Å². The van der Waals surface area contributed by atoms with E-state index < -0.39 is 29.7 Å². The van der Waals surface area contributed by atoms with Gasteiger partial charge in [0.25, 0.3) is 12.1 Å². The van der Waals surface area contributed by atoms with Gasteiger partial charge in [0, 0.05) is 6.07 Å². The molecule has 2 rings (SSSR count). The van der Waals surface area contributed by atoms with Gasteiger partial charge < -0.3 is 20.7 Å². The topological polar surface area (TPSA) is 96.7 Å². The molecule has 0 aromatic carbocycles. The first-order chi connectivity index (χ1) is 8.54. The lowest BCUT2D eigenvalue weighted by Gasteiger charge is -2.09. The van der Waals surface area contributed by atoms with Crippen molar-refractivity contribution in [1.82, 2.24) is 0 Å². The summed E-state index contributed by atoms with van der Waals surface area (Å²) in [5, 5.41) is 18.1. The van der Waals surface area contributed by atoms with Gasteiger partial charge in [0.15, 0.2) is 17.8 Å². The monoisotopic (exact) mass is 273 g/mol. The van der Waals surface area contributed by atoms with Crippen molar-refractivity contribution in [2.75, 3.05) is 6.61 Å². The summed E-state index contributed by atoms with van der Waals surface area (Å²) >= 11 is 6.05. The van der Waals surface area contributed by atoms with E-state index in [-0.39, 0.29) is 6.61 Å². The zero-order valence-electron chi connectivity index (χ0n) is 9.44. The molecule has 0 spiro atoms. The van der Waals surface area contributed by atoms with Gasteiger partial charge in [0.1, 0.15) is 17.8 Å². The zero-order chi connectivity index (χ0) is 13.3. The molecule has 1 aromatic rings. The third-order valence-electron chi connectivity index (χ3n) is 2.87. The summed E-state index contributed by atoms with van der Waals surface area (Å²) < 4.78 is 6.99. The molecular formula is C11H14ClN2O4+. The van der Waals surface area contributed by atoms with Crippen molar-refractivity contribution in [3.05, 3.63) is 30.1 Å². The first-order valence-electron chi connectivity index (χ1n) is 5.43. The molecule has 1 aromatic heterocycles. The molecule has 7 heteroatoms. The number of aromatic nitrogens is 1. The SMILES string of the molecule is NC(=O)c1ccc[n+]([C@H]2O[C@H](CO)C(O)[C@H]2Cl)c1. The number of pyridine rings is 1. The Morgan fingerprint density at radius 3 is 2.89 bits per heavy atom. The van der Waals surface area contributed by atoms with Crippen LogP contribution in [0.4, 0.5) is 0 Å². The maximum atomic E-state index is 11.1. The van der Waals surface area contributed by atoms with Gasteiger partial charge in [0.2, 0.25) is 0 Å². The number of carbonyl (C=O) groups is 1.